The van der Waals surface area contributed by atoms with Crippen LogP contribution < -0.4 is 15.5 Å². The first-order valence-corrected chi connectivity index (χ1v) is 10.6. The zero-order valence-corrected chi connectivity index (χ0v) is 17.9. The van der Waals surface area contributed by atoms with E-state index in [-0.39, 0.29) is 37.1 Å². The Morgan fingerprint density at radius 3 is 2.06 bits per heavy atom. The van der Waals surface area contributed by atoms with Gasteiger partial charge in [0.15, 0.2) is 0 Å². The number of carbonyl (C=O) groups excluding carboxylic acids is 3. The fourth-order valence-electron chi connectivity index (χ4n) is 4.01. The number of hydrogen-bond donors (Lipinski definition) is 2. The average Bonchev–Trinajstić information content (AvgIpc) is 2.83. The molecule has 3 aromatic rings. The van der Waals surface area contributed by atoms with Crippen molar-refractivity contribution >= 4 is 29.1 Å². The predicted molar refractivity (Wildman–Crippen MR) is 124 cm³/mol. The molecule has 0 radical (unpaired) electrons. The highest BCUT2D eigenvalue weighted by Gasteiger charge is 2.31. The second-order valence-corrected chi connectivity index (χ2v) is 7.95. The van der Waals surface area contributed by atoms with Gasteiger partial charge in [-0.05, 0) is 30.2 Å². The monoisotopic (exact) mass is 427 g/mol. The zero-order valence-electron chi connectivity index (χ0n) is 17.9. The van der Waals surface area contributed by atoms with Gasteiger partial charge in [0, 0.05) is 12.8 Å². The summed E-state index contributed by atoms with van der Waals surface area (Å²) in [5, 5.41) is 5.89. The Morgan fingerprint density at radius 1 is 0.875 bits per heavy atom. The summed E-state index contributed by atoms with van der Waals surface area (Å²) in [4.78, 5) is 39.3. The van der Waals surface area contributed by atoms with Crippen LogP contribution in [0.2, 0.25) is 0 Å². The van der Waals surface area contributed by atoms with Crippen LogP contribution in [0.3, 0.4) is 0 Å². The molecule has 1 aliphatic heterocycles. The van der Waals surface area contributed by atoms with Gasteiger partial charge < -0.3 is 15.5 Å². The van der Waals surface area contributed by atoms with Gasteiger partial charge in [-0.1, -0.05) is 72.8 Å². The van der Waals surface area contributed by atoms with Crippen LogP contribution in [0.25, 0.3) is 0 Å². The van der Waals surface area contributed by atoms with Crippen molar-refractivity contribution in [2.45, 2.75) is 25.3 Å². The van der Waals surface area contributed by atoms with Crippen LogP contribution in [0, 0.1) is 0 Å². The van der Waals surface area contributed by atoms with Crippen LogP contribution >= 0.6 is 0 Å². The number of hydrogen-bond acceptors (Lipinski definition) is 3. The van der Waals surface area contributed by atoms with E-state index >= 15 is 0 Å². The molecule has 1 aliphatic rings. The van der Waals surface area contributed by atoms with E-state index in [9.17, 15) is 14.4 Å². The molecule has 2 N–H and O–H groups in total. The summed E-state index contributed by atoms with van der Waals surface area (Å²) < 4.78 is 0. The Balaban J connectivity index is 1.48. The first-order chi connectivity index (χ1) is 15.5. The number of amides is 3. The van der Waals surface area contributed by atoms with E-state index in [2.05, 4.69) is 10.6 Å². The van der Waals surface area contributed by atoms with Gasteiger partial charge in [0.05, 0.1) is 16.9 Å². The smallest absolute Gasteiger partial charge is 0.244 e. The van der Waals surface area contributed by atoms with Crippen molar-refractivity contribution in [3.8, 4) is 0 Å². The maximum atomic E-state index is 12.9. The van der Waals surface area contributed by atoms with Gasteiger partial charge in [-0.15, -0.1) is 0 Å². The van der Waals surface area contributed by atoms with Gasteiger partial charge >= 0.3 is 0 Å². The highest BCUT2D eigenvalue weighted by atomic mass is 16.2. The molecule has 4 rings (SSSR count). The highest BCUT2D eigenvalue weighted by molar-refractivity contribution is 6.10. The van der Waals surface area contributed by atoms with Crippen molar-refractivity contribution in [3.63, 3.8) is 0 Å². The fourth-order valence-corrected chi connectivity index (χ4v) is 4.01. The van der Waals surface area contributed by atoms with E-state index in [0.29, 0.717) is 11.4 Å². The molecule has 0 saturated heterocycles. The van der Waals surface area contributed by atoms with E-state index in [4.69, 9.17) is 0 Å². The van der Waals surface area contributed by atoms with Gasteiger partial charge in [-0.25, -0.2) is 0 Å². The summed E-state index contributed by atoms with van der Waals surface area (Å²) in [6.07, 6.45) is 0.0292. The van der Waals surface area contributed by atoms with Crippen molar-refractivity contribution < 1.29 is 14.4 Å². The second-order valence-electron chi connectivity index (χ2n) is 7.95. The third-order valence-electron chi connectivity index (χ3n) is 5.73. The molecular weight excluding hydrogens is 402 g/mol. The normalized spacial score (nSPS) is 13.2. The molecule has 0 aromatic heterocycles. The predicted octanol–water partition coefficient (Wildman–Crippen LogP) is 3.83. The van der Waals surface area contributed by atoms with Crippen LogP contribution in [0.1, 0.15) is 30.9 Å². The number of fused-ring (bicyclic) bond motifs is 1. The lowest BCUT2D eigenvalue weighted by molar-refractivity contribution is -0.126. The molecule has 6 heteroatoms. The zero-order chi connectivity index (χ0) is 22.6. The molecule has 32 heavy (non-hydrogen) atoms. The summed E-state index contributed by atoms with van der Waals surface area (Å²) in [5.74, 6) is -0.742. The molecule has 0 unspecified atom stereocenters. The Kier molecular flexibility index (Phi) is 6.03. The first-order valence-electron chi connectivity index (χ1n) is 10.6. The minimum atomic E-state index is -0.736. The summed E-state index contributed by atoms with van der Waals surface area (Å²) >= 11 is 0. The van der Waals surface area contributed by atoms with Crippen molar-refractivity contribution in [3.05, 3.63) is 96.1 Å². The third kappa shape index (κ3) is 4.39. The van der Waals surface area contributed by atoms with Gasteiger partial charge in [-0.2, -0.15) is 0 Å². The molecule has 0 atom stereocenters. The van der Waals surface area contributed by atoms with Crippen LogP contribution in [0.15, 0.2) is 84.9 Å². The SMILES string of the molecule is CC(NC(=O)CCC(=O)N1CC(=O)Nc2ccccc21)(c1ccccc1)c1ccccc1. The Morgan fingerprint density at radius 2 is 1.44 bits per heavy atom. The van der Waals surface area contributed by atoms with Crippen molar-refractivity contribution in [1.29, 1.82) is 0 Å². The summed E-state index contributed by atoms with van der Waals surface area (Å²) in [6.45, 7) is 1.91. The van der Waals surface area contributed by atoms with E-state index in [1.807, 2.05) is 73.7 Å². The lowest BCUT2D eigenvalue weighted by Gasteiger charge is -2.32. The topological polar surface area (TPSA) is 78.5 Å². The molecule has 162 valence electrons. The molecular formula is C26H25N3O3. The molecule has 0 bridgehead atoms. The van der Waals surface area contributed by atoms with Gasteiger partial charge in [0.2, 0.25) is 17.7 Å². The molecule has 3 amide bonds. The fraction of sp³-hybridized carbons (Fsp3) is 0.192. The minimum absolute atomic E-state index is 0.00705. The van der Waals surface area contributed by atoms with Crippen LogP contribution in [-0.2, 0) is 19.9 Å². The van der Waals surface area contributed by atoms with Gasteiger partial charge in [-0.3, -0.25) is 14.4 Å². The van der Waals surface area contributed by atoms with Gasteiger partial charge in [0.25, 0.3) is 0 Å². The maximum Gasteiger partial charge on any atom is 0.244 e. The number of anilines is 2. The number of nitrogens with zero attached hydrogens (tertiary/aromatic N) is 1. The Bertz CT molecular complexity index is 1090. The first kappa shape index (κ1) is 21.3. The third-order valence-corrected chi connectivity index (χ3v) is 5.73. The lowest BCUT2D eigenvalue weighted by Crippen LogP contribution is -2.45. The lowest BCUT2D eigenvalue weighted by atomic mass is 9.84. The summed E-state index contributed by atoms with van der Waals surface area (Å²) in [7, 11) is 0. The van der Waals surface area contributed by atoms with Crippen LogP contribution in [-0.4, -0.2) is 24.3 Å². The largest absolute Gasteiger partial charge is 0.343 e. The van der Waals surface area contributed by atoms with Crippen LogP contribution in [0.4, 0.5) is 11.4 Å². The minimum Gasteiger partial charge on any atom is -0.343 e. The van der Waals surface area contributed by atoms with E-state index in [0.717, 1.165) is 11.1 Å². The summed E-state index contributed by atoms with van der Waals surface area (Å²) in [5.41, 5.74) is 2.42. The number of carbonyl (C=O) groups is 3. The van der Waals surface area contributed by atoms with Gasteiger partial charge in [0.1, 0.15) is 6.54 Å². The standard InChI is InChI=1S/C26H25N3O3/c1-26(19-10-4-2-5-11-19,20-12-6-3-7-13-20)28-23(30)16-17-25(32)29-18-24(31)27-21-14-8-9-15-22(21)29/h2-15H,16-18H2,1H3,(H,27,31)(H,28,30). The Hall–Kier alpha value is -3.93. The van der Waals surface area contributed by atoms with Crippen molar-refractivity contribution in [2.75, 3.05) is 16.8 Å². The summed E-state index contributed by atoms with van der Waals surface area (Å²) in [6, 6.07) is 26.7. The van der Waals surface area contributed by atoms with E-state index in [1.54, 1.807) is 18.2 Å². The molecule has 3 aromatic carbocycles. The van der Waals surface area contributed by atoms with Crippen LogP contribution in [0.5, 0.6) is 0 Å². The maximum absolute atomic E-state index is 12.9. The molecule has 0 saturated carbocycles. The Labute approximate surface area is 187 Å². The number of rotatable bonds is 6. The van der Waals surface area contributed by atoms with E-state index in [1.165, 1.54) is 4.90 Å². The van der Waals surface area contributed by atoms with Crippen molar-refractivity contribution in [2.24, 2.45) is 0 Å². The number of nitrogens with one attached hydrogen (secondary N) is 2. The molecule has 6 nitrogen and oxygen atoms in total. The van der Waals surface area contributed by atoms with E-state index < -0.39 is 5.54 Å². The molecule has 0 spiro atoms. The highest BCUT2D eigenvalue weighted by Crippen LogP contribution is 2.31. The number of para-hydroxylation sites is 2. The molecule has 0 aliphatic carbocycles. The average molecular weight is 428 g/mol. The molecule has 0 fully saturated rings. The quantitative estimate of drug-likeness (QED) is 0.628. The molecule has 1 heterocycles. The van der Waals surface area contributed by atoms with Crippen molar-refractivity contribution in [1.82, 2.24) is 5.32 Å². The number of benzene rings is 3. The second kappa shape index (κ2) is 9.06.